The minimum absolute atomic E-state index is 0.0497. The molecule has 1 aliphatic rings. The standard InChI is InChI=1S/C27H24FN5O3S/c1-16-14-21(17(2)31(16)23-12-11-20(33(34)35)15-24(23)36-3)26-25(22-6-4-5-13-29-22)30-27(37)32(26)19-9-7-18(28)8-10-19/h4-15,25-26H,1-3H3,(H,30,37)/t25-,26+/m0/s1. The van der Waals surface area contributed by atoms with Crippen LogP contribution in [0.25, 0.3) is 5.69 Å². The second kappa shape index (κ2) is 9.62. The first-order valence-electron chi connectivity index (χ1n) is 11.6. The van der Waals surface area contributed by atoms with Crippen molar-refractivity contribution in [2.45, 2.75) is 25.9 Å². The van der Waals surface area contributed by atoms with Gasteiger partial charge in [0.1, 0.15) is 11.6 Å². The Labute approximate surface area is 218 Å². The van der Waals surface area contributed by atoms with Gasteiger partial charge in [-0.25, -0.2) is 4.39 Å². The molecule has 2 aromatic heterocycles. The van der Waals surface area contributed by atoms with Crippen molar-refractivity contribution in [3.05, 3.63) is 112 Å². The van der Waals surface area contributed by atoms with Crippen LogP contribution >= 0.6 is 12.2 Å². The van der Waals surface area contributed by atoms with Crippen molar-refractivity contribution < 1.29 is 14.1 Å². The van der Waals surface area contributed by atoms with Gasteiger partial charge < -0.3 is 19.5 Å². The first-order chi connectivity index (χ1) is 17.8. The zero-order valence-electron chi connectivity index (χ0n) is 20.4. The molecule has 0 unspecified atom stereocenters. The van der Waals surface area contributed by atoms with Gasteiger partial charge in [-0.2, -0.15) is 0 Å². The number of aryl methyl sites for hydroxylation is 1. The van der Waals surface area contributed by atoms with Crippen molar-refractivity contribution in [1.82, 2.24) is 14.9 Å². The molecule has 1 fully saturated rings. The Kier molecular flexibility index (Phi) is 6.34. The van der Waals surface area contributed by atoms with Gasteiger partial charge in [0.25, 0.3) is 5.69 Å². The Bertz CT molecular complexity index is 1490. The molecule has 3 heterocycles. The number of nitro benzene ring substituents is 1. The van der Waals surface area contributed by atoms with Crippen molar-refractivity contribution in [3.63, 3.8) is 0 Å². The molecule has 1 saturated heterocycles. The predicted octanol–water partition coefficient (Wildman–Crippen LogP) is 5.72. The summed E-state index contributed by atoms with van der Waals surface area (Å²) in [6.07, 6.45) is 1.74. The van der Waals surface area contributed by atoms with Crippen molar-refractivity contribution in [2.24, 2.45) is 0 Å². The average molecular weight is 518 g/mol. The van der Waals surface area contributed by atoms with Crippen LogP contribution in [0.1, 0.15) is 34.7 Å². The van der Waals surface area contributed by atoms with Crippen LogP contribution in [-0.4, -0.2) is 26.7 Å². The molecule has 37 heavy (non-hydrogen) atoms. The summed E-state index contributed by atoms with van der Waals surface area (Å²) in [7, 11) is 1.49. The van der Waals surface area contributed by atoms with Crippen molar-refractivity contribution in [2.75, 3.05) is 12.0 Å². The summed E-state index contributed by atoms with van der Waals surface area (Å²) in [4.78, 5) is 17.4. The van der Waals surface area contributed by atoms with Crippen LogP contribution in [0, 0.1) is 29.8 Å². The number of nitro groups is 1. The second-order valence-electron chi connectivity index (χ2n) is 8.75. The number of benzene rings is 2. The fraction of sp³-hybridized carbons (Fsp3) is 0.185. The van der Waals surface area contributed by atoms with Gasteiger partial charge in [0, 0.05) is 29.3 Å². The minimum atomic E-state index is -0.448. The van der Waals surface area contributed by atoms with E-state index in [1.54, 1.807) is 24.4 Å². The molecule has 0 amide bonds. The number of nitrogens with zero attached hydrogens (tertiary/aromatic N) is 4. The molecule has 0 spiro atoms. The monoisotopic (exact) mass is 517 g/mol. The van der Waals surface area contributed by atoms with E-state index in [4.69, 9.17) is 17.0 Å². The molecular weight excluding hydrogens is 493 g/mol. The molecule has 10 heteroatoms. The highest BCUT2D eigenvalue weighted by Gasteiger charge is 2.42. The molecule has 0 radical (unpaired) electrons. The van der Waals surface area contributed by atoms with Gasteiger partial charge in [-0.1, -0.05) is 6.07 Å². The number of hydrogen-bond donors (Lipinski definition) is 1. The van der Waals surface area contributed by atoms with Crippen LogP contribution < -0.4 is 15.0 Å². The maximum Gasteiger partial charge on any atom is 0.273 e. The van der Waals surface area contributed by atoms with E-state index in [1.165, 1.54) is 31.4 Å². The Morgan fingerprint density at radius 3 is 2.51 bits per heavy atom. The van der Waals surface area contributed by atoms with Gasteiger partial charge in [-0.3, -0.25) is 15.1 Å². The van der Waals surface area contributed by atoms with E-state index in [0.717, 1.165) is 28.3 Å². The molecule has 8 nitrogen and oxygen atoms in total. The number of thiocarbonyl (C=S) groups is 1. The van der Waals surface area contributed by atoms with E-state index in [2.05, 4.69) is 16.4 Å². The van der Waals surface area contributed by atoms with E-state index in [1.807, 2.05) is 41.5 Å². The number of pyridine rings is 1. The lowest BCUT2D eigenvalue weighted by molar-refractivity contribution is -0.384. The van der Waals surface area contributed by atoms with E-state index in [9.17, 15) is 14.5 Å². The lowest BCUT2D eigenvalue weighted by Crippen LogP contribution is -2.29. The van der Waals surface area contributed by atoms with E-state index >= 15 is 0 Å². The zero-order chi connectivity index (χ0) is 26.3. The normalized spacial score (nSPS) is 17.1. The van der Waals surface area contributed by atoms with Gasteiger partial charge in [0.15, 0.2) is 5.11 Å². The first-order valence-corrected chi connectivity index (χ1v) is 12.0. The van der Waals surface area contributed by atoms with Gasteiger partial charge in [-0.05, 0) is 80.2 Å². The van der Waals surface area contributed by atoms with E-state index in [-0.39, 0.29) is 23.6 Å². The highest BCUT2D eigenvalue weighted by molar-refractivity contribution is 7.80. The van der Waals surface area contributed by atoms with Gasteiger partial charge in [0.2, 0.25) is 0 Å². The average Bonchev–Trinajstić information content (AvgIpc) is 3.39. The number of ether oxygens (including phenoxy) is 1. The molecular formula is C27H24FN5O3S. The summed E-state index contributed by atoms with van der Waals surface area (Å²) >= 11 is 5.77. The lowest BCUT2D eigenvalue weighted by Gasteiger charge is -2.28. The van der Waals surface area contributed by atoms with Crippen molar-refractivity contribution in [1.29, 1.82) is 0 Å². The number of aromatic nitrogens is 2. The maximum absolute atomic E-state index is 13.8. The molecule has 5 rings (SSSR count). The topological polar surface area (TPSA) is 85.5 Å². The van der Waals surface area contributed by atoms with Crippen LogP contribution in [0.5, 0.6) is 5.75 Å². The smallest absolute Gasteiger partial charge is 0.273 e. The molecule has 1 N–H and O–H groups in total. The molecule has 0 saturated carbocycles. The Balaban J connectivity index is 1.68. The second-order valence-corrected chi connectivity index (χ2v) is 9.13. The third-order valence-corrected chi connectivity index (χ3v) is 6.92. The van der Waals surface area contributed by atoms with Crippen molar-refractivity contribution >= 4 is 28.7 Å². The zero-order valence-corrected chi connectivity index (χ0v) is 21.2. The quantitative estimate of drug-likeness (QED) is 0.199. The van der Waals surface area contributed by atoms with E-state index < -0.39 is 4.92 Å². The molecule has 0 bridgehead atoms. The maximum atomic E-state index is 13.8. The molecule has 188 valence electrons. The highest BCUT2D eigenvalue weighted by atomic mass is 32.1. The third-order valence-electron chi connectivity index (χ3n) is 6.61. The largest absolute Gasteiger partial charge is 0.494 e. The van der Waals surface area contributed by atoms with Gasteiger partial charge in [-0.15, -0.1) is 0 Å². The van der Waals surface area contributed by atoms with Gasteiger partial charge in [0.05, 0.1) is 41.6 Å². The predicted molar refractivity (Wildman–Crippen MR) is 143 cm³/mol. The van der Waals surface area contributed by atoms with Crippen LogP contribution in [0.3, 0.4) is 0 Å². The summed E-state index contributed by atoms with van der Waals surface area (Å²) in [6.45, 7) is 3.96. The Morgan fingerprint density at radius 1 is 1.11 bits per heavy atom. The number of nitrogens with one attached hydrogen (secondary N) is 1. The highest BCUT2D eigenvalue weighted by Crippen LogP contribution is 2.44. The Hall–Kier alpha value is -4.31. The van der Waals surface area contributed by atoms with Crippen LogP contribution in [0.15, 0.2) is 72.9 Å². The molecule has 4 aromatic rings. The number of anilines is 1. The first kappa shape index (κ1) is 24.4. The third kappa shape index (κ3) is 4.29. The minimum Gasteiger partial charge on any atom is -0.494 e. The molecule has 2 aromatic carbocycles. The number of non-ortho nitro benzene ring substituents is 1. The number of halogens is 1. The van der Waals surface area contributed by atoms with E-state index in [0.29, 0.717) is 16.5 Å². The van der Waals surface area contributed by atoms with Crippen molar-refractivity contribution in [3.8, 4) is 11.4 Å². The fourth-order valence-corrected chi connectivity index (χ4v) is 5.32. The number of methoxy groups -OCH3 is 1. The SMILES string of the molecule is COc1cc([N+](=O)[O-])ccc1-n1c(C)cc([C@@H]2[C@H](c3ccccn3)NC(=S)N2c2ccc(F)cc2)c1C. The van der Waals surface area contributed by atoms with Crippen LogP contribution in [0.4, 0.5) is 15.8 Å². The lowest BCUT2D eigenvalue weighted by atomic mass is 9.96. The summed E-state index contributed by atoms with van der Waals surface area (Å²) in [5.41, 5.74) is 5.00. The number of rotatable bonds is 6. The van der Waals surface area contributed by atoms with Gasteiger partial charge >= 0.3 is 0 Å². The number of hydrogen-bond acceptors (Lipinski definition) is 5. The van der Waals surface area contributed by atoms with Crippen LogP contribution in [0.2, 0.25) is 0 Å². The molecule has 0 aliphatic carbocycles. The summed E-state index contributed by atoms with van der Waals surface area (Å²) in [6, 6.07) is 18.0. The molecule has 1 aliphatic heterocycles. The fourth-order valence-electron chi connectivity index (χ4n) is 4.97. The summed E-state index contributed by atoms with van der Waals surface area (Å²) < 4.78 is 21.3. The molecule has 2 atom stereocenters. The summed E-state index contributed by atoms with van der Waals surface area (Å²) in [5, 5.41) is 15.2. The summed E-state index contributed by atoms with van der Waals surface area (Å²) in [5.74, 6) is 0.0578. The van der Waals surface area contributed by atoms with Crippen LogP contribution in [-0.2, 0) is 0 Å². The Morgan fingerprint density at radius 2 is 1.86 bits per heavy atom.